The van der Waals surface area contributed by atoms with Crippen molar-refractivity contribution in [3.8, 4) is 0 Å². The van der Waals surface area contributed by atoms with Crippen LogP contribution in [-0.4, -0.2) is 28.7 Å². The van der Waals surface area contributed by atoms with Gasteiger partial charge in [-0.1, -0.05) is 5.16 Å². The van der Waals surface area contributed by atoms with Crippen molar-refractivity contribution in [1.29, 1.82) is 0 Å². The highest BCUT2D eigenvalue weighted by Gasteiger charge is 2.71. The lowest BCUT2D eigenvalue weighted by Crippen LogP contribution is -2.30. The van der Waals surface area contributed by atoms with Crippen molar-refractivity contribution in [3.63, 3.8) is 0 Å². The molecule has 1 N–H and O–H groups in total. The molecule has 3 fully saturated rings. The normalized spacial score (nSPS) is 33.8. The van der Waals surface area contributed by atoms with E-state index in [0.29, 0.717) is 31.0 Å². The number of halogens is 2. The lowest BCUT2D eigenvalue weighted by atomic mass is 10.0. The molecule has 1 aromatic rings. The molecule has 3 aliphatic carbocycles. The Morgan fingerprint density at radius 2 is 2.00 bits per heavy atom. The van der Waals surface area contributed by atoms with Crippen molar-refractivity contribution in [3.05, 3.63) is 11.4 Å². The van der Waals surface area contributed by atoms with E-state index in [4.69, 9.17) is 0 Å². The number of amides is 1. The summed E-state index contributed by atoms with van der Waals surface area (Å²) in [6.07, 6.45) is 3.03. The molecule has 2 unspecified atom stereocenters. The van der Waals surface area contributed by atoms with Crippen LogP contribution in [0.4, 0.5) is 8.78 Å². The van der Waals surface area contributed by atoms with Crippen LogP contribution in [-0.2, 0) is 0 Å². The van der Waals surface area contributed by atoms with Crippen LogP contribution < -0.4 is 5.32 Å². The van der Waals surface area contributed by atoms with Crippen molar-refractivity contribution in [2.24, 2.45) is 17.8 Å². The van der Waals surface area contributed by atoms with Gasteiger partial charge >= 0.3 is 0 Å². The Labute approximate surface area is 114 Å². The molecule has 2 atom stereocenters. The summed E-state index contributed by atoms with van der Waals surface area (Å²) in [5, 5.41) is 10.2. The summed E-state index contributed by atoms with van der Waals surface area (Å²) in [4.78, 5) is 12.0. The summed E-state index contributed by atoms with van der Waals surface area (Å²) >= 11 is 0. The molecular formula is C13H15F2N3O2. The second kappa shape index (κ2) is 3.99. The molecule has 4 rings (SSSR count). The molecular weight excluding hydrogens is 268 g/mol. The van der Waals surface area contributed by atoms with Gasteiger partial charge in [0.2, 0.25) is 0 Å². The second-order valence-corrected chi connectivity index (χ2v) is 6.21. The molecule has 0 spiro atoms. The van der Waals surface area contributed by atoms with Crippen molar-refractivity contribution in [2.75, 3.05) is 6.54 Å². The van der Waals surface area contributed by atoms with E-state index in [1.54, 1.807) is 0 Å². The Bertz CT molecular complexity index is 542. The molecule has 1 heterocycles. The van der Waals surface area contributed by atoms with Crippen LogP contribution in [0.5, 0.6) is 0 Å². The Morgan fingerprint density at radius 3 is 2.65 bits per heavy atom. The maximum atomic E-state index is 13.1. The van der Waals surface area contributed by atoms with Gasteiger partial charge in [0.25, 0.3) is 11.8 Å². The molecule has 3 saturated carbocycles. The van der Waals surface area contributed by atoms with Gasteiger partial charge in [-0.15, -0.1) is 0 Å². The van der Waals surface area contributed by atoms with Gasteiger partial charge < -0.3 is 5.32 Å². The van der Waals surface area contributed by atoms with Crippen molar-refractivity contribution in [2.45, 2.75) is 37.5 Å². The van der Waals surface area contributed by atoms with Gasteiger partial charge in [0.1, 0.15) is 5.69 Å². The highest BCUT2D eigenvalue weighted by Crippen LogP contribution is 2.65. The van der Waals surface area contributed by atoms with Crippen molar-refractivity contribution in [1.82, 2.24) is 15.6 Å². The van der Waals surface area contributed by atoms with E-state index in [0.717, 1.165) is 12.8 Å². The molecule has 3 aliphatic rings. The highest BCUT2D eigenvalue weighted by atomic mass is 19.3. The Kier molecular flexibility index (Phi) is 2.44. The van der Waals surface area contributed by atoms with Gasteiger partial charge in [0.15, 0.2) is 5.69 Å². The summed E-state index contributed by atoms with van der Waals surface area (Å²) in [7, 11) is 0. The zero-order chi connectivity index (χ0) is 13.9. The molecule has 7 heteroatoms. The molecule has 1 aromatic heterocycles. The summed E-state index contributed by atoms with van der Waals surface area (Å²) in [5.41, 5.74) is 0.879. The van der Waals surface area contributed by atoms with Gasteiger partial charge in [-0.3, -0.25) is 4.79 Å². The van der Waals surface area contributed by atoms with E-state index >= 15 is 0 Å². The van der Waals surface area contributed by atoms with E-state index in [1.807, 2.05) is 0 Å². The van der Waals surface area contributed by atoms with Gasteiger partial charge in [-0.25, -0.2) is 13.4 Å². The number of carbonyl (C=O) groups excluding carboxylic acids is 1. The fourth-order valence-corrected chi connectivity index (χ4v) is 3.38. The minimum absolute atomic E-state index is 0.151. The van der Waals surface area contributed by atoms with Gasteiger partial charge in [-0.2, -0.15) is 0 Å². The first kappa shape index (κ1) is 12.2. The molecule has 0 bridgehead atoms. The molecule has 20 heavy (non-hydrogen) atoms. The van der Waals surface area contributed by atoms with Crippen LogP contribution in [0.15, 0.2) is 4.63 Å². The minimum Gasteiger partial charge on any atom is -0.350 e. The SMILES string of the molecule is O=C(NCC1CC2C(C1)C2(F)F)c1nonc1C1CC1. The quantitative estimate of drug-likeness (QED) is 0.917. The molecule has 0 radical (unpaired) electrons. The monoisotopic (exact) mass is 283 g/mol. The third-order valence-electron chi connectivity index (χ3n) is 4.78. The van der Waals surface area contributed by atoms with Gasteiger partial charge in [0.05, 0.1) is 0 Å². The van der Waals surface area contributed by atoms with E-state index in [2.05, 4.69) is 20.3 Å². The van der Waals surface area contributed by atoms with E-state index in [1.165, 1.54) is 0 Å². The lowest BCUT2D eigenvalue weighted by Gasteiger charge is -2.14. The Morgan fingerprint density at radius 1 is 1.30 bits per heavy atom. The average molecular weight is 283 g/mol. The first-order valence-electron chi connectivity index (χ1n) is 7.06. The number of carbonyl (C=O) groups is 1. The highest BCUT2D eigenvalue weighted by molar-refractivity contribution is 5.93. The molecule has 108 valence electrons. The van der Waals surface area contributed by atoms with Crippen LogP contribution in [0.2, 0.25) is 0 Å². The molecule has 0 aromatic carbocycles. The summed E-state index contributed by atoms with van der Waals surface area (Å²) in [6, 6.07) is 0. The first-order chi connectivity index (χ1) is 9.57. The second-order valence-electron chi connectivity index (χ2n) is 6.21. The summed E-state index contributed by atoms with van der Waals surface area (Å²) < 4.78 is 30.8. The van der Waals surface area contributed by atoms with Crippen LogP contribution in [0.25, 0.3) is 0 Å². The van der Waals surface area contributed by atoms with Crippen LogP contribution >= 0.6 is 0 Å². The van der Waals surface area contributed by atoms with Gasteiger partial charge in [-0.05, 0) is 36.8 Å². The first-order valence-corrected chi connectivity index (χ1v) is 7.06. The zero-order valence-electron chi connectivity index (χ0n) is 10.8. The number of rotatable bonds is 4. The molecule has 1 amide bonds. The van der Waals surface area contributed by atoms with Crippen LogP contribution in [0.1, 0.15) is 47.8 Å². The number of hydrogen-bond donors (Lipinski definition) is 1. The third kappa shape index (κ3) is 1.83. The standard InChI is InChI=1S/C13H15F2N3O2/c14-13(15)8-3-6(4-9(8)13)5-16-12(19)11-10(7-1-2-7)17-20-18-11/h6-9H,1-5H2,(H,16,19). The number of fused-ring (bicyclic) bond motifs is 1. The number of hydrogen-bond acceptors (Lipinski definition) is 4. The molecule has 0 aliphatic heterocycles. The van der Waals surface area contributed by atoms with Gasteiger partial charge in [0, 0.05) is 24.3 Å². The smallest absolute Gasteiger partial charge is 0.275 e. The summed E-state index contributed by atoms with van der Waals surface area (Å²) in [5.74, 6) is -3.23. The average Bonchev–Trinajstić information content (AvgIpc) is 3.17. The van der Waals surface area contributed by atoms with Crippen LogP contribution in [0.3, 0.4) is 0 Å². The fraction of sp³-hybridized carbons (Fsp3) is 0.769. The number of aromatic nitrogens is 2. The largest absolute Gasteiger partial charge is 0.350 e. The summed E-state index contributed by atoms with van der Waals surface area (Å²) in [6.45, 7) is 0.429. The predicted octanol–water partition coefficient (Wildman–Crippen LogP) is 1.97. The fourth-order valence-electron chi connectivity index (χ4n) is 3.38. The Balaban J connectivity index is 1.32. The maximum absolute atomic E-state index is 13.1. The van der Waals surface area contributed by atoms with E-state index in [-0.39, 0.29) is 17.5 Å². The topological polar surface area (TPSA) is 68.0 Å². The zero-order valence-corrected chi connectivity index (χ0v) is 10.8. The molecule has 5 nitrogen and oxygen atoms in total. The number of alkyl halides is 2. The van der Waals surface area contributed by atoms with Crippen LogP contribution in [0, 0.1) is 17.8 Å². The van der Waals surface area contributed by atoms with E-state index < -0.39 is 17.8 Å². The minimum atomic E-state index is -2.45. The third-order valence-corrected chi connectivity index (χ3v) is 4.78. The van der Waals surface area contributed by atoms with E-state index in [9.17, 15) is 13.6 Å². The lowest BCUT2D eigenvalue weighted by molar-refractivity contribution is 0.0634. The number of nitrogens with zero attached hydrogens (tertiary/aromatic N) is 2. The van der Waals surface area contributed by atoms with Crippen molar-refractivity contribution < 1.29 is 18.2 Å². The Hall–Kier alpha value is -1.53. The number of nitrogens with one attached hydrogen (secondary N) is 1. The maximum Gasteiger partial charge on any atom is 0.275 e. The van der Waals surface area contributed by atoms with Crippen molar-refractivity contribution >= 4 is 5.91 Å². The predicted molar refractivity (Wildman–Crippen MR) is 63.3 cm³/mol. The molecule has 0 saturated heterocycles.